The molecule has 0 spiro atoms. The maximum atomic E-state index is 7.03. The van der Waals surface area contributed by atoms with Crippen molar-refractivity contribution < 1.29 is 18.6 Å². The molecule has 0 unspecified atom stereocenters. The summed E-state index contributed by atoms with van der Waals surface area (Å²) in [6.45, 7) is 7.90. The van der Waals surface area contributed by atoms with Crippen molar-refractivity contribution in [2.24, 2.45) is 0 Å². The van der Waals surface area contributed by atoms with E-state index in [0.717, 1.165) is 22.6 Å². The van der Waals surface area contributed by atoms with Gasteiger partial charge in [-0.15, -0.1) is 0 Å². The van der Waals surface area contributed by atoms with Gasteiger partial charge in [-0.2, -0.15) is 0 Å². The summed E-state index contributed by atoms with van der Waals surface area (Å²) >= 11 is 0. The zero-order valence-corrected chi connectivity index (χ0v) is 25.9. The second-order valence-corrected chi connectivity index (χ2v) is 15.4. The summed E-state index contributed by atoms with van der Waals surface area (Å²) in [7, 11) is 0.766. The standard InChI is InChI=1S/C36H42O4Si/c1-36(2,3)41(31-19-11-7-12-20-31,32-21-13-8-14-22-32)40-26-16-15-23-35(39-28-29-17-9-6-10-18-29)33-27-30(37-4)24-25-34(33)38-5/h6-22,24-25,27,35H,23,26,28H2,1-5H3/b16-15+/t35-/m1/s1. The lowest BCUT2D eigenvalue weighted by Gasteiger charge is -2.42. The zero-order valence-electron chi connectivity index (χ0n) is 24.9. The third kappa shape index (κ3) is 7.36. The van der Waals surface area contributed by atoms with E-state index >= 15 is 0 Å². The largest absolute Gasteiger partial charge is 0.497 e. The summed E-state index contributed by atoms with van der Waals surface area (Å²) in [5.41, 5.74) is 2.08. The van der Waals surface area contributed by atoms with Crippen LogP contribution in [0.2, 0.25) is 5.04 Å². The van der Waals surface area contributed by atoms with E-state index in [1.165, 1.54) is 10.4 Å². The molecule has 0 aromatic heterocycles. The Hall–Kier alpha value is -3.64. The Morgan fingerprint density at radius 2 is 1.29 bits per heavy atom. The van der Waals surface area contributed by atoms with E-state index < -0.39 is 8.32 Å². The highest BCUT2D eigenvalue weighted by atomic mass is 28.4. The highest BCUT2D eigenvalue weighted by Gasteiger charge is 2.49. The fraction of sp³-hybridized carbons (Fsp3) is 0.278. The van der Waals surface area contributed by atoms with Crippen LogP contribution in [0.3, 0.4) is 0 Å². The fourth-order valence-corrected chi connectivity index (χ4v) is 9.87. The molecule has 214 valence electrons. The first kappa shape index (κ1) is 30.3. The molecule has 0 fully saturated rings. The predicted octanol–water partition coefficient (Wildman–Crippen LogP) is 7.48. The fourth-order valence-electron chi connectivity index (χ4n) is 5.37. The molecule has 0 amide bonds. The van der Waals surface area contributed by atoms with Crippen molar-refractivity contribution in [3.05, 3.63) is 132 Å². The molecule has 0 N–H and O–H groups in total. The molecular formula is C36H42O4Si. The molecule has 0 radical (unpaired) electrons. The van der Waals surface area contributed by atoms with Crippen molar-refractivity contribution in [3.8, 4) is 11.5 Å². The Morgan fingerprint density at radius 1 is 0.707 bits per heavy atom. The first-order chi connectivity index (χ1) is 19.9. The average Bonchev–Trinajstić information content (AvgIpc) is 3.01. The summed E-state index contributed by atoms with van der Waals surface area (Å²) in [5, 5.41) is 2.48. The van der Waals surface area contributed by atoms with Crippen molar-refractivity contribution >= 4 is 18.7 Å². The van der Waals surface area contributed by atoms with Crippen LogP contribution < -0.4 is 19.8 Å². The van der Waals surface area contributed by atoms with Crippen LogP contribution in [0.5, 0.6) is 11.5 Å². The molecular weight excluding hydrogens is 524 g/mol. The second kappa shape index (κ2) is 14.3. The first-order valence-electron chi connectivity index (χ1n) is 14.2. The van der Waals surface area contributed by atoms with E-state index in [9.17, 15) is 0 Å². The van der Waals surface area contributed by atoms with Gasteiger partial charge in [-0.1, -0.05) is 124 Å². The lowest BCUT2D eigenvalue weighted by atomic mass is 10.0. The highest BCUT2D eigenvalue weighted by molar-refractivity contribution is 6.99. The van der Waals surface area contributed by atoms with E-state index in [0.29, 0.717) is 19.6 Å². The van der Waals surface area contributed by atoms with E-state index in [-0.39, 0.29) is 11.1 Å². The normalized spacial score (nSPS) is 12.8. The quantitative estimate of drug-likeness (QED) is 0.124. The number of methoxy groups -OCH3 is 2. The predicted molar refractivity (Wildman–Crippen MR) is 171 cm³/mol. The number of rotatable bonds is 13. The van der Waals surface area contributed by atoms with Crippen LogP contribution in [0.4, 0.5) is 0 Å². The van der Waals surface area contributed by atoms with E-state index in [2.05, 4.69) is 106 Å². The molecule has 41 heavy (non-hydrogen) atoms. The van der Waals surface area contributed by atoms with Crippen LogP contribution >= 0.6 is 0 Å². The van der Waals surface area contributed by atoms with Gasteiger partial charge in [-0.05, 0) is 45.6 Å². The van der Waals surface area contributed by atoms with Crippen LogP contribution in [-0.4, -0.2) is 29.1 Å². The van der Waals surface area contributed by atoms with Gasteiger partial charge in [0.25, 0.3) is 8.32 Å². The molecule has 1 atom stereocenters. The number of hydrogen-bond donors (Lipinski definition) is 0. The van der Waals surface area contributed by atoms with Crippen LogP contribution in [-0.2, 0) is 15.8 Å². The summed E-state index contributed by atoms with van der Waals surface area (Å²) in [6, 6.07) is 37.5. The first-order valence-corrected chi connectivity index (χ1v) is 16.1. The minimum atomic E-state index is -2.60. The molecule has 0 aliphatic rings. The van der Waals surface area contributed by atoms with Gasteiger partial charge in [0.05, 0.1) is 33.5 Å². The van der Waals surface area contributed by atoms with E-state index in [1.54, 1.807) is 14.2 Å². The summed E-state index contributed by atoms with van der Waals surface area (Å²) < 4.78 is 24.7. The van der Waals surface area contributed by atoms with Gasteiger partial charge in [0, 0.05) is 5.56 Å². The van der Waals surface area contributed by atoms with Crippen molar-refractivity contribution in [2.45, 2.75) is 44.9 Å². The Morgan fingerprint density at radius 3 is 1.83 bits per heavy atom. The lowest BCUT2D eigenvalue weighted by molar-refractivity contribution is 0.0399. The van der Waals surface area contributed by atoms with Crippen LogP contribution in [0, 0.1) is 0 Å². The average molecular weight is 567 g/mol. The molecule has 4 nitrogen and oxygen atoms in total. The topological polar surface area (TPSA) is 36.9 Å². The molecule has 0 aliphatic carbocycles. The van der Waals surface area contributed by atoms with Gasteiger partial charge in [0.2, 0.25) is 0 Å². The lowest BCUT2D eigenvalue weighted by Crippen LogP contribution is -2.66. The van der Waals surface area contributed by atoms with Gasteiger partial charge in [-0.3, -0.25) is 0 Å². The number of benzene rings is 4. The molecule has 4 aromatic carbocycles. The van der Waals surface area contributed by atoms with Gasteiger partial charge in [-0.25, -0.2) is 0 Å². The molecule has 5 heteroatoms. The third-order valence-corrected chi connectivity index (χ3v) is 12.4. The third-order valence-electron chi connectivity index (χ3n) is 7.41. The number of hydrogen-bond acceptors (Lipinski definition) is 4. The molecule has 0 saturated heterocycles. The number of ether oxygens (including phenoxy) is 3. The van der Waals surface area contributed by atoms with Gasteiger partial charge in [0.1, 0.15) is 11.5 Å². The van der Waals surface area contributed by atoms with Crippen LogP contribution in [0.25, 0.3) is 0 Å². The van der Waals surface area contributed by atoms with E-state index in [4.69, 9.17) is 18.6 Å². The maximum absolute atomic E-state index is 7.03. The summed E-state index contributed by atoms with van der Waals surface area (Å²) in [4.78, 5) is 0. The van der Waals surface area contributed by atoms with Crippen molar-refractivity contribution in [2.75, 3.05) is 20.8 Å². The minimum Gasteiger partial charge on any atom is -0.497 e. The molecule has 0 bridgehead atoms. The Balaban J connectivity index is 1.58. The van der Waals surface area contributed by atoms with Crippen molar-refractivity contribution in [1.82, 2.24) is 0 Å². The van der Waals surface area contributed by atoms with Crippen molar-refractivity contribution in [3.63, 3.8) is 0 Å². The SMILES string of the molecule is COc1ccc(OC)c([C@@H](C/C=C/CO[Si](c2ccccc2)(c2ccccc2)C(C)(C)C)OCc2ccccc2)c1. The van der Waals surface area contributed by atoms with Crippen LogP contribution in [0.15, 0.2) is 121 Å². The maximum Gasteiger partial charge on any atom is 0.261 e. The van der Waals surface area contributed by atoms with Crippen LogP contribution in [0.1, 0.15) is 44.4 Å². The van der Waals surface area contributed by atoms with Gasteiger partial charge < -0.3 is 18.6 Å². The Kier molecular flexibility index (Phi) is 10.6. The molecule has 4 rings (SSSR count). The zero-order chi connectivity index (χ0) is 29.1. The Bertz CT molecular complexity index is 1330. The molecule has 4 aromatic rings. The Labute approximate surface area is 246 Å². The molecule has 0 heterocycles. The summed E-state index contributed by atoms with van der Waals surface area (Å²) in [5.74, 6) is 1.55. The molecule has 0 aliphatic heterocycles. The van der Waals surface area contributed by atoms with E-state index in [1.807, 2.05) is 36.4 Å². The highest BCUT2D eigenvalue weighted by Crippen LogP contribution is 2.37. The summed E-state index contributed by atoms with van der Waals surface area (Å²) in [6.07, 6.45) is 4.74. The van der Waals surface area contributed by atoms with Crippen molar-refractivity contribution in [1.29, 1.82) is 0 Å². The monoisotopic (exact) mass is 566 g/mol. The molecule has 0 saturated carbocycles. The minimum absolute atomic E-state index is 0.0706. The second-order valence-electron chi connectivity index (χ2n) is 11.1. The smallest absolute Gasteiger partial charge is 0.261 e. The van der Waals surface area contributed by atoms with Gasteiger partial charge in [0.15, 0.2) is 0 Å². The van der Waals surface area contributed by atoms with Gasteiger partial charge >= 0.3 is 0 Å².